The molecule has 0 radical (unpaired) electrons. The standard InChI is InChI=1S/C25H21N2/c1-2-26-23-15-9-10-16-24(23)27-18-21(19-11-5-3-6-12-19)17-22(25(26)27)20-13-7-4-8-14-20/h3-18H,2H2,1H3/q+1. The molecule has 0 saturated carbocycles. The Hall–Kier alpha value is -3.39. The Morgan fingerprint density at radius 1 is 0.704 bits per heavy atom. The number of rotatable bonds is 3. The number of aromatic nitrogens is 2. The van der Waals surface area contributed by atoms with Crippen LogP contribution in [0.25, 0.3) is 38.9 Å². The van der Waals surface area contributed by atoms with Crippen LogP contribution < -0.4 is 4.57 Å². The van der Waals surface area contributed by atoms with Crippen LogP contribution in [-0.2, 0) is 6.54 Å². The van der Waals surface area contributed by atoms with E-state index in [1.165, 1.54) is 38.9 Å². The maximum Gasteiger partial charge on any atom is 0.295 e. The molecule has 2 heteroatoms. The maximum atomic E-state index is 2.41. The number of nitrogens with zero attached hydrogens (tertiary/aromatic N) is 2. The van der Waals surface area contributed by atoms with Crippen molar-refractivity contribution in [2.75, 3.05) is 0 Å². The molecule has 0 aliphatic carbocycles. The molecular formula is C25H21N2+. The summed E-state index contributed by atoms with van der Waals surface area (Å²) in [5.41, 5.74) is 8.71. The molecule has 2 nitrogen and oxygen atoms in total. The van der Waals surface area contributed by atoms with Gasteiger partial charge in [-0.15, -0.1) is 0 Å². The molecule has 5 aromatic rings. The Balaban J connectivity index is 1.95. The predicted molar refractivity (Wildman–Crippen MR) is 112 cm³/mol. The third-order valence-electron chi connectivity index (χ3n) is 5.23. The number of pyridine rings is 1. The van der Waals surface area contributed by atoms with Gasteiger partial charge < -0.3 is 0 Å². The lowest BCUT2D eigenvalue weighted by Gasteiger charge is -2.07. The van der Waals surface area contributed by atoms with Gasteiger partial charge in [0, 0.05) is 5.56 Å². The number of fused-ring (bicyclic) bond motifs is 3. The van der Waals surface area contributed by atoms with Gasteiger partial charge in [0.15, 0.2) is 11.0 Å². The number of imidazole rings is 1. The monoisotopic (exact) mass is 349 g/mol. The van der Waals surface area contributed by atoms with Crippen molar-refractivity contribution in [3.63, 3.8) is 0 Å². The molecule has 0 N–H and O–H groups in total. The highest BCUT2D eigenvalue weighted by Gasteiger charge is 2.23. The van der Waals surface area contributed by atoms with E-state index in [0.717, 1.165) is 6.54 Å². The molecule has 0 atom stereocenters. The van der Waals surface area contributed by atoms with E-state index in [9.17, 15) is 0 Å². The summed E-state index contributed by atoms with van der Waals surface area (Å²) in [6.45, 7) is 3.15. The lowest BCUT2D eigenvalue weighted by atomic mass is 10.0. The fraction of sp³-hybridized carbons (Fsp3) is 0.0800. The third kappa shape index (κ3) is 2.53. The quantitative estimate of drug-likeness (QED) is 0.367. The van der Waals surface area contributed by atoms with E-state index in [0.29, 0.717) is 0 Å². The Labute approximate surface area is 159 Å². The van der Waals surface area contributed by atoms with E-state index < -0.39 is 0 Å². The zero-order valence-electron chi connectivity index (χ0n) is 15.3. The Kier molecular flexibility index (Phi) is 3.75. The number of hydrogen-bond donors (Lipinski definition) is 0. The Bertz CT molecular complexity index is 1240. The van der Waals surface area contributed by atoms with Crippen molar-refractivity contribution in [1.29, 1.82) is 0 Å². The molecule has 2 heterocycles. The summed E-state index contributed by atoms with van der Waals surface area (Å²) in [5, 5.41) is 0. The van der Waals surface area contributed by atoms with Crippen molar-refractivity contribution in [1.82, 2.24) is 4.40 Å². The minimum atomic E-state index is 0.932. The molecule has 0 aliphatic rings. The largest absolute Gasteiger partial charge is 0.295 e. The van der Waals surface area contributed by atoms with E-state index >= 15 is 0 Å². The topological polar surface area (TPSA) is 8.29 Å². The summed E-state index contributed by atoms with van der Waals surface area (Å²) in [5.74, 6) is 0. The number of aryl methyl sites for hydroxylation is 1. The van der Waals surface area contributed by atoms with Gasteiger partial charge in [0.2, 0.25) is 0 Å². The summed E-state index contributed by atoms with van der Waals surface area (Å²) in [4.78, 5) is 0. The summed E-state index contributed by atoms with van der Waals surface area (Å²) >= 11 is 0. The van der Waals surface area contributed by atoms with Crippen LogP contribution in [0.15, 0.2) is 97.2 Å². The molecule has 0 fully saturated rings. The minimum absolute atomic E-state index is 0.932. The smallest absolute Gasteiger partial charge is 0.223 e. The molecular weight excluding hydrogens is 328 g/mol. The van der Waals surface area contributed by atoms with E-state index in [1.807, 2.05) is 0 Å². The first kappa shape index (κ1) is 15.8. The number of para-hydroxylation sites is 2. The molecule has 27 heavy (non-hydrogen) atoms. The Morgan fingerprint density at radius 2 is 1.33 bits per heavy atom. The van der Waals surface area contributed by atoms with Crippen LogP contribution in [-0.4, -0.2) is 4.40 Å². The first-order chi connectivity index (χ1) is 13.4. The van der Waals surface area contributed by atoms with Gasteiger partial charge in [0.05, 0.1) is 12.1 Å². The molecule has 0 aliphatic heterocycles. The van der Waals surface area contributed by atoms with Gasteiger partial charge in [0.25, 0.3) is 5.65 Å². The van der Waals surface area contributed by atoms with Crippen molar-refractivity contribution in [2.24, 2.45) is 0 Å². The van der Waals surface area contributed by atoms with E-state index in [4.69, 9.17) is 0 Å². The van der Waals surface area contributed by atoms with Gasteiger partial charge >= 0.3 is 0 Å². The van der Waals surface area contributed by atoms with Crippen LogP contribution in [0.3, 0.4) is 0 Å². The first-order valence-electron chi connectivity index (χ1n) is 9.44. The van der Waals surface area contributed by atoms with E-state index in [-0.39, 0.29) is 0 Å². The average Bonchev–Trinajstić information content (AvgIpc) is 3.08. The lowest BCUT2D eigenvalue weighted by Crippen LogP contribution is -2.32. The minimum Gasteiger partial charge on any atom is -0.223 e. The van der Waals surface area contributed by atoms with E-state index in [1.54, 1.807) is 0 Å². The highest BCUT2D eigenvalue weighted by Crippen LogP contribution is 2.31. The van der Waals surface area contributed by atoms with Crippen LogP contribution in [0.1, 0.15) is 6.92 Å². The van der Waals surface area contributed by atoms with Crippen molar-refractivity contribution in [3.05, 3.63) is 97.2 Å². The Morgan fingerprint density at radius 3 is 2.04 bits per heavy atom. The zero-order chi connectivity index (χ0) is 18.2. The van der Waals surface area contributed by atoms with Gasteiger partial charge in [-0.3, -0.25) is 0 Å². The molecule has 0 unspecified atom stereocenters. The second-order valence-corrected chi connectivity index (χ2v) is 6.80. The average molecular weight is 349 g/mol. The molecule has 3 aromatic carbocycles. The second-order valence-electron chi connectivity index (χ2n) is 6.80. The molecule has 5 rings (SSSR count). The molecule has 2 aromatic heterocycles. The number of benzene rings is 3. The highest BCUT2D eigenvalue weighted by molar-refractivity contribution is 5.86. The van der Waals surface area contributed by atoms with Crippen molar-refractivity contribution >= 4 is 16.7 Å². The maximum absolute atomic E-state index is 2.41. The van der Waals surface area contributed by atoms with Crippen LogP contribution in [0.4, 0.5) is 0 Å². The molecule has 0 bridgehead atoms. The summed E-state index contributed by atoms with van der Waals surface area (Å²) < 4.78 is 4.76. The van der Waals surface area contributed by atoms with Crippen LogP contribution in [0.2, 0.25) is 0 Å². The van der Waals surface area contributed by atoms with Gasteiger partial charge in [0.1, 0.15) is 6.20 Å². The van der Waals surface area contributed by atoms with Crippen molar-refractivity contribution in [2.45, 2.75) is 13.5 Å². The normalized spacial score (nSPS) is 11.3. The molecule has 130 valence electrons. The fourth-order valence-electron chi connectivity index (χ4n) is 4.00. The van der Waals surface area contributed by atoms with Gasteiger partial charge in [-0.1, -0.05) is 72.8 Å². The molecule has 0 saturated heterocycles. The van der Waals surface area contributed by atoms with Crippen molar-refractivity contribution < 1.29 is 4.57 Å². The van der Waals surface area contributed by atoms with Crippen molar-refractivity contribution in [3.8, 4) is 22.3 Å². The molecule has 0 amide bonds. The number of hydrogen-bond acceptors (Lipinski definition) is 0. The third-order valence-corrected chi connectivity index (χ3v) is 5.23. The van der Waals surface area contributed by atoms with Crippen LogP contribution in [0, 0.1) is 0 Å². The van der Waals surface area contributed by atoms with Gasteiger partial charge in [-0.05, 0) is 36.2 Å². The predicted octanol–water partition coefficient (Wildman–Crippen LogP) is 5.73. The van der Waals surface area contributed by atoms with Crippen LogP contribution in [0.5, 0.6) is 0 Å². The second kappa shape index (κ2) is 6.40. The van der Waals surface area contributed by atoms with E-state index in [2.05, 4.69) is 113 Å². The molecule has 0 spiro atoms. The highest BCUT2D eigenvalue weighted by atomic mass is 15.1. The summed E-state index contributed by atoms with van der Waals surface area (Å²) in [7, 11) is 0. The van der Waals surface area contributed by atoms with Gasteiger partial charge in [-0.25, -0.2) is 4.57 Å². The summed E-state index contributed by atoms with van der Waals surface area (Å²) in [6.07, 6.45) is 2.27. The zero-order valence-corrected chi connectivity index (χ0v) is 15.3. The fourth-order valence-corrected chi connectivity index (χ4v) is 4.00. The van der Waals surface area contributed by atoms with Gasteiger partial charge in [-0.2, -0.15) is 4.40 Å². The van der Waals surface area contributed by atoms with Crippen LogP contribution >= 0.6 is 0 Å². The summed E-state index contributed by atoms with van der Waals surface area (Å²) in [6, 6.07) is 32.3. The lowest BCUT2D eigenvalue weighted by molar-refractivity contribution is -0.641. The SMILES string of the molecule is CC[n+]1c2ccccc2n2cc(-c3ccccc3)cc(-c3ccccc3)c21. The first-order valence-corrected chi connectivity index (χ1v) is 9.44.